The highest BCUT2D eigenvalue weighted by molar-refractivity contribution is 5.37. The second-order valence-corrected chi connectivity index (χ2v) is 4.84. The Labute approximate surface area is 92.1 Å². The third kappa shape index (κ3) is 2.07. The molecule has 1 aromatic rings. The van der Waals surface area contributed by atoms with Gasteiger partial charge in [-0.05, 0) is 41.9 Å². The molecule has 1 N–H and O–H groups in total. The van der Waals surface area contributed by atoms with Crippen LogP contribution >= 0.6 is 0 Å². The summed E-state index contributed by atoms with van der Waals surface area (Å²) >= 11 is 0. The average Bonchev–Trinajstić information content (AvgIpc) is 2.28. The van der Waals surface area contributed by atoms with Crippen molar-refractivity contribution in [3.05, 3.63) is 34.9 Å². The van der Waals surface area contributed by atoms with Gasteiger partial charge < -0.3 is 5.11 Å². The minimum Gasteiger partial charge on any atom is -0.396 e. The first-order valence-electron chi connectivity index (χ1n) is 5.96. The lowest BCUT2D eigenvalue weighted by molar-refractivity contribution is 0.273. The predicted molar refractivity (Wildman–Crippen MR) is 63.3 cm³/mol. The average molecular weight is 204 g/mol. The molecule has 1 heteroatoms. The molecular formula is C14H20O. The lowest BCUT2D eigenvalue weighted by Gasteiger charge is -2.24. The Morgan fingerprint density at radius 3 is 3.00 bits per heavy atom. The molecule has 0 fully saturated rings. The van der Waals surface area contributed by atoms with E-state index < -0.39 is 0 Å². The van der Waals surface area contributed by atoms with Gasteiger partial charge in [-0.1, -0.05) is 32.0 Å². The Bertz CT molecular complexity index is 343. The summed E-state index contributed by atoms with van der Waals surface area (Å²) in [5.41, 5.74) is 4.31. The maximum atomic E-state index is 9.16. The number of aliphatic hydroxyl groups excluding tert-OH is 1. The van der Waals surface area contributed by atoms with Gasteiger partial charge in [-0.3, -0.25) is 0 Å². The van der Waals surface area contributed by atoms with E-state index in [0.717, 1.165) is 0 Å². The molecule has 0 saturated heterocycles. The number of benzene rings is 1. The summed E-state index contributed by atoms with van der Waals surface area (Å²) < 4.78 is 0. The van der Waals surface area contributed by atoms with Gasteiger partial charge >= 0.3 is 0 Å². The monoisotopic (exact) mass is 204 g/mol. The molecule has 1 nitrogen and oxygen atoms in total. The molecule has 2 unspecified atom stereocenters. The third-order valence-electron chi connectivity index (χ3n) is 3.63. The summed E-state index contributed by atoms with van der Waals surface area (Å²) in [5, 5.41) is 9.16. The second kappa shape index (κ2) is 4.36. The van der Waals surface area contributed by atoms with E-state index in [4.69, 9.17) is 5.11 Å². The molecule has 2 atom stereocenters. The van der Waals surface area contributed by atoms with E-state index in [2.05, 4.69) is 32.0 Å². The summed E-state index contributed by atoms with van der Waals surface area (Å²) in [7, 11) is 0. The van der Waals surface area contributed by atoms with E-state index in [9.17, 15) is 0 Å². The van der Waals surface area contributed by atoms with E-state index in [-0.39, 0.29) is 12.5 Å². The molecule has 0 aliphatic heterocycles. The van der Waals surface area contributed by atoms with Gasteiger partial charge in [0.1, 0.15) is 0 Å². The van der Waals surface area contributed by atoms with Gasteiger partial charge in [-0.15, -0.1) is 0 Å². The van der Waals surface area contributed by atoms with Crippen LogP contribution in [0.4, 0.5) is 0 Å². The molecule has 2 rings (SSSR count). The van der Waals surface area contributed by atoms with Gasteiger partial charge in [0.25, 0.3) is 0 Å². The van der Waals surface area contributed by atoms with Gasteiger partial charge in [0.2, 0.25) is 0 Å². The van der Waals surface area contributed by atoms with Crippen molar-refractivity contribution in [1.29, 1.82) is 0 Å². The lowest BCUT2D eigenvalue weighted by atomic mass is 9.82. The Morgan fingerprint density at radius 2 is 2.27 bits per heavy atom. The Kier molecular flexibility index (Phi) is 3.11. The molecule has 15 heavy (non-hydrogen) atoms. The Morgan fingerprint density at radius 1 is 1.47 bits per heavy atom. The predicted octanol–water partition coefficient (Wildman–Crippen LogP) is 3.22. The van der Waals surface area contributed by atoms with Gasteiger partial charge in [0.05, 0.1) is 0 Å². The zero-order valence-corrected chi connectivity index (χ0v) is 9.66. The SMILES string of the molecule is CC(CO)c1ccc2c(c1)C(C)CCC2. The van der Waals surface area contributed by atoms with Crippen LogP contribution < -0.4 is 0 Å². The van der Waals surface area contributed by atoms with Crippen LogP contribution in [0.25, 0.3) is 0 Å². The number of aryl methyl sites for hydroxylation is 1. The quantitative estimate of drug-likeness (QED) is 0.784. The zero-order chi connectivity index (χ0) is 10.8. The molecule has 1 aromatic carbocycles. The minimum atomic E-state index is 0.243. The molecular weight excluding hydrogens is 184 g/mol. The molecule has 0 spiro atoms. The fraction of sp³-hybridized carbons (Fsp3) is 0.571. The molecule has 0 bridgehead atoms. The highest BCUT2D eigenvalue weighted by Crippen LogP contribution is 2.33. The summed E-state index contributed by atoms with van der Waals surface area (Å²) in [6.45, 7) is 4.63. The second-order valence-electron chi connectivity index (χ2n) is 4.84. The normalized spacial score (nSPS) is 22.2. The topological polar surface area (TPSA) is 20.2 Å². The van der Waals surface area contributed by atoms with Crippen LogP contribution in [-0.2, 0) is 6.42 Å². The van der Waals surface area contributed by atoms with Crippen LogP contribution in [0.2, 0.25) is 0 Å². The lowest BCUT2D eigenvalue weighted by Crippen LogP contribution is -2.09. The summed E-state index contributed by atoms with van der Waals surface area (Å²) in [6.07, 6.45) is 3.86. The molecule has 0 saturated carbocycles. The van der Waals surface area contributed by atoms with E-state index in [0.29, 0.717) is 5.92 Å². The van der Waals surface area contributed by atoms with Gasteiger partial charge in [-0.2, -0.15) is 0 Å². The first-order valence-corrected chi connectivity index (χ1v) is 5.96. The van der Waals surface area contributed by atoms with Gasteiger partial charge in [0.15, 0.2) is 0 Å². The van der Waals surface area contributed by atoms with E-state index in [1.165, 1.54) is 36.0 Å². The smallest absolute Gasteiger partial charge is 0.0497 e. The van der Waals surface area contributed by atoms with Crippen molar-refractivity contribution in [2.45, 2.75) is 44.9 Å². The maximum absolute atomic E-state index is 9.16. The van der Waals surface area contributed by atoms with E-state index >= 15 is 0 Å². The van der Waals surface area contributed by atoms with Gasteiger partial charge in [0, 0.05) is 12.5 Å². The molecule has 1 aliphatic rings. The standard InChI is InChI=1S/C14H20O/c1-10-4-3-5-12-6-7-13(8-14(10)12)11(2)9-15/h6-8,10-11,15H,3-5,9H2,1-2H3. The number of hydrogen-bond acceptors (Lipinski definition) is 1. The molecule has 0 amide bonds. The zero-order valence-electron chi connectivity index (χ0n) is 9.66. The van der Waals surface area contributed by atoms with Crippen LogP contribution in [0.1, 0.15) is 55.2 Å². The number of hydrogen-bond donors (Lipinski definition) is 1. The van der Waals surface area contributed by atoms with E-state index in [1.54, 1.807) is 0 Å². The van der Waals surface area contributed by atoms with Crippen molar-refractivity contribution in [2.24, 2.45) is 0 Å². The Balaban J connectivity index is 2.35. The molecule has 0 radical (unpaired) electrons. The largest absolute Gasteiger partial charge is 0.396 e. The van der Waals surface area contributed by atoms with Crippen molar-refractivity contribution in [1.82, 2.24) is 0 Å². The van der Waals surface area contributed by atoms with Crippen molar-refractivity contribution < 1.29 is 5.11 Å². The van der Waals surface area contributed by atoms with Crippen LogP contribution in [0.15, 0.2) is 18.2 Å². The molecule has 1 aliphatic carbocycles. The highest BCUT2D eigenvalue weighted by Gasteiger charge is 2.17. The van der Waals surface area contributed by atoms with Crippen molar-refractivity contribution in [3.63, 3.8) is 0 Å². The van der Waals surface area contributed by atoms with E-state index in [1.807, 2.05) is 0 Å². The van der Waals surface area contributed by atoms with Crippen LogP contribution in [0.5, 0.6) is 0 Å². The fourth-order valence-corrected chi connectivity index (χ4v) is 2.47. The molecule has 0 heterocycles. The van der Waals surface area contributed by atoms with Crippen LogP contribution in [0, 0.1) is 0 Å². The summed E-state index contributed by atoms with van der Waals surface area (Å²) in [6, 6.07) is 6.74. The number of aliphatic hydroxyl groups is 1. The van der Waals surface area contributed by atoms with Crippen LogP contribution in [-0.4, -0.2) is 11.7 Å². The third-order valence-corrected chi connectivity index (χ3v) is 3.63. The number of fused-ring (bicyclic) bond motifs is 1. The van der Waals surface area contributed by atoms with Crippen LogP contribution in [0.3, 0.4) is 0 Å². The van der Waals surface area contributed by atoms with Crippen molar-refractivity contribution in [2.75, 3.05) is 6.61 Å². The minimum absolute atomic E-state index is 0.243. The Hall–Kier alpha value is -0.820. The number of rotatable bonds is 2. The van der Waals surface area contributed by atoms with Crippen molar-refractivity contribution >= 4 is 0 Å². The first-order chi connectivity index (χ1) is 7.22. The summed E-state index contributed by atoms with van der Waals surface area (Å²) in [4.78, 5) is 0. The maximum Gasteiger partial charge on any atom is 0.0497 e. The molecule has 0 aromatic heterocycles. The van der Waals surface area contributed by atoms with Gasteiger partial charge in [-0.25, -0.2) is 0 Å². The fourth-order valence-electron chi connectivity index (χ4n) is 2.47. The van der Waals surface area contributed by atoms with Crippen molar-refractivity contribution in [3.8, 4) is 0 Å². The first kappa shape index (κ1) is 10.7. The summed E-state index contributed by atoms with van der Waals surface area (Å²) in [5.74, 6) is 0.962. The highest BCUT2D eigenvalue weighted by atomic mass is 16.3. The molecule has 82 valence electrons.